The first-order valence-electron chi connectivity index (χ1n) is 8.17. The largest absolute Gasteiger partial charge is 0.334 e. The summed E-state index contributed by atoms with van der Waals surface area (Å²) in [6, 6.07) is 9.21. The molecule has 0 aromatic heterocycles. The van der Waals surface area contributed by atoms with Crippen molar-refractivity contribution in [1.29, 1.82) is 0 Å². The van der Waals surface area contributed by atoms with Gasteiger partial charge in [0, 0.05) is 34.8 Å². The summed E-state index contributed by atoms with van der Waals surface area (Å²) in [4.78, 5) is 24.6. The van der Waals surface area contributed by atoms with Crippen molar-refractivity contribution in [2.24, 2.45) is 5.73 Å². The van der Waals surface area contributed by atoms with Gasteiger partial charge in [-0.2, -0.15) is 0 Å². The quantitative estimate of drug-likeness (QED) is 0.598. The third kappa shape index (κ3) is 3.51. The molecule has 140 valence electrons. The normalized spacial score (nSPS) is 14.0. The summed E-state index contributed by atoms with van der Waals surface area (Å²) in [5, 5.41) is 22.5. The van der Waals surface area contributed by atoms with Crippen LogP contribution in [0.3, 0.4) is 0 Å². The van der Waals surface area contributed by atoms with Gasteiger partial charge in [0.2, 0.25) is 0 Å². The number of rotatable bonds is 5. The van der Waals surface area contributed by atoms with Crippen LogP contribution in [0.1, 0.15) is 19.4 Å². The monoisotopic (exact) mass is 386 g/mol. The number of nitro groups is 2. The summed E-state index contributed by atoms with van der Waals surface area (Å²) in [6.07, 6.45) is 0. The van der Waals surface area contributed by atoms with Gasteiger partial charge >= 0.3 is 0 Å². The van der Waals surface area contributed by atoms with Gasteiger partial charge in [0.05, 0.1) is 27.5 Å². The van der Waals surface area contributed by atoms with Crippen molar-refractivity contribution in [2.45, 2.75) is 20.4 Å². The van der Waals surface area contributed by atoms with Crippen LogP contribution in [0.5, 0.6) is 0 Å². The molecule has 0 saturated heterocycles. The Morgan fingerprint density at radius 2 is 1.74 bits per heavy atom. The average molecular weight is 386 g/mol. The third-order valence-electron chi connectivity index (χ3n) is 4.57. The molecule has 1 heterocycles. The summed E-state index contributed by atoms with van der Waals surface area (Å²) in [6.45, 7) is 4.32. The standard InChI is InChI=1S/C18H18N4O4S/c1-11-12(2)27-10-20(11)18-13(9-19)4-3-5-17(18)14-6-15(21(23)24)8-16(7-14)22(25)26/h3-8H,9-10,19H2,1-2H3. The number of non-ortho nitro benzene ring substituents is 2. The van der Waals surface area contributed by atoms with Crippen LogP contribution in [0.4, 0.5) is 17.1 Å². The summed E-state index contributed by atoms with van der Waals surface area (Å²) in [5.74, 6) is 0.693. The van der Waals surface area contributed by atoms with Crippen LogP contribution in [-0.2, 0) is 6.54 Å². The highest BCUT2D eigenvalue weighted by molar-refractivity contribution is 8.03. The lowest BCUT2D eigenvalue weighted by Gasteiger charge is -2.26. The van der Waals surface area contributed by atoms with Gasteiger partial charge in [0.1, 0.15) is 0 Å². The Hall–Kier alpha value is -2.91. The number of anilines is 1. The number of para-hydroxylation sites is 1. The first-order chi connectivity index (χ1) is 12.8. The van der Waals surface area contributed by atoms with E-state index in [1.807, 2.05) is 26.0 Å². The minimum atomic E-state index is -0.621. The van der Waals surface area contributed by atoms with E-state index >= 15 is 0 Å². The molecule has 27 heavy (non-hydrogen) atoms. The van der Waals surface area contributed by atoms with E-state index in [4.69, 9.17) is 5.73 Å². The SMILES string of the molecule is CC1=C(C)N(c2c(CN)cccc2-c2cc([N+](=O)[O-])cc([N+](=O)[O-])c2)CS1. The van der Waals surface area contributed by atoms with Gasteiger partial charge < -0.3 is 10.6 Å². The van der Waals surface area contributed by atoms with Gasteiger partial charge in [-0.05, 0) is 25.0 Å². The van der Waals surface area contributed by atoms with E-state index in [0.717, 1.165) is 23.0 Å². The number of hydrogen-bond donors (Lipinski definition) is 1. The average Bonchev–Trinajstić information content (AvgIpc) is 2.99. The van der Waals surface area contributed by atoms with Gasteiger partial charge in [-0.3, -0.25) is 20.2 Å². The van der Waals surface area contributed by atoms with Crippen molar-refractivity contribution < 1.29 is 9.85 Å². The van der Waals surface area contributed by atoms with Crippen LogP contribution in [-0.4, -0.2) is 15.7 Å². The number of nitrogens with two attached hydrogens (primary N) is 1. The maximum Gasteiger partial charge on any atom is 0.276 e. The zero-order valence-electron chi connectivity index (χ0n) is 14.8. The second-order valence-electron chi connectivity index (χ2n) is 6.11. The molecule has 2 aromatic rings. The Kier molecular flexibility index (Phi) is 5.15. The van der Waals surface area contributed by atoms with Crippen molar-refractivity contribution in [3.8, 4) is 11.1 Å². The van der Waals surface area contributed by atoms with Crippen LogP contribution in [0.2, 0.25) is 0 Å². The predicted octanol–water partition coefficient (Wildman–Crippen LogP) is 4.39. The molecule has 0 amide bonds. The molecule has 8 nitrogen and oxygen atoms in total. The fourth-order valence-electron chi connectivity index (χ4n) is 3.05. The Balaban J connectivity index is 2.27. The first kappa shape index (κ1) is 18.9. The van der Waals surface area contributed by atoms with Gasteiger partial charge in [0.25, 0.3) is 11.4 Å². The number of allylic oxidation sites excluding steroid dienone is 2. The van der Waals surface area contributed by atoms with Gasteiger partial charge in [-0.15, -0.1) is 11.8 Å². The molecular formula is C18H18N4O4S. The molecule has 0 saturated carbocycles. The summed E-state index contributed by atoms with van der Waals surface area (Å²) in [7, 11) is 0. The van der Waals surface area contributed by atoms with E-state index in [1.54, 1.807) is 17.8 Å². The molecule has 2 aromatic carbocycles. The van der Waals surface area contributed by atoms with Crippen molar-refractivity contribution >= 4 is 28.8 Å². The third-order valence-corrected chi connectivity index (χ3v) is 5.68. The Morgan fingerprint density at radius 1 is 1.11 bits per heavy atom. The van der Waals surface area contributed by atoms with E-state index in [0.29, 0.717) is 17.0 Å². The highest BCUT2D eigenvalue weighted by Gasteiger charge is 2.25. The topological polar surface area (TPSA) is 116 Å². The van der Waals surface area contributed by atoms with Gasteiger partial charge in [0.15, 0.2) is 0 Å². The van der Waals surface area contributed by atoms with E-state index < -0.39 is 9.85 Å². The van der Waals surface area contributed by atoms with Crippen molar-refractivity contribution in [3.05, 3.63) is 72.8 Å². The fraction of sp³-hybridized carbons (Fsp3) is 0.222. The van der Waals surface area contributed by atoms with Crippen molar-refractivity contribution in [1.82, 2.24) is 0 Å². The Morgan fingerprint density at radius 3 is 2.22 bits per heavy atom. The van der Waals surface area contributed by atoms with Crippen LogP contribution in [0.15, 0.2) is 47.0 Å². The van der Waals surface area contributed by atoms with Crippen molar-refractivity contribution in [2.75, 3.05) is 10.8 Å². The van der Waals surface area contributed by atoms with Gasteiger partial charge in [-0.25, -0.2) is 0 Å². The molecule has 0 radical (unpaired) electrons. The lowest BCUT2D eigenvalue weighted by molar-refractivity contribution is -0.394. The van der Waals surface area contributed by atoms with Gasteiger partial charge in [-0.1, -0.05) is 18.2 Å². The molecule has 0 atom stereocenters. The number of nitrogens with zero attached hydrogens (tertiary/aromatic N) is 3. The lowest BCUT2D eigenvalue weighted by atomic mass is 9.97. The highest BCUT2D eigenvalue weighted by atomic mass is 32.2. The molecule has 0 aliphatic carbocycles. The number of benzene rings is 2. The second kappa shape index (κ2) is 7.37. The predicted molar refractivity (Wildman–Crippen MR) is 106 cm³/mol. The van der Waals surface area contributed by atoms with Crippen LogP contribution in [0, 0.1) is 20.2 Å². The minimum Gasteiger partial charge on any atom is -0.334 e. The number of hydrogen-bond acceptors (Lipinski definition) is 7. The molecule has 2 N–H and O–H groups in total. The molecule has 3 rings (SSSR count). The molecule has 1 aliphatic rings. The zero-order valence-corrected chi connectivity index (χ0v) is 15.7. The van der Waals surface area contributed by atoms with E-state index in [1.165, 1.54) is 17.0 Å². The van der Waals surface area contributed by atoms with Crippen LogP contribution >= 0.6 is 11.8 Å². The molecule has 0 unspecified atom stereocenters. The maximum atomic E-state index is 11.3. The molecule has 0 spiro atoms. The molecular weight excluding hydrogens is 368 g/mol. The smallest absolute Gasteiger partial charge is 0.276 e. The Labute approximate surface area is 160 Å². The minimum absolute atomic E-state index is 0.285. The van der Waals surface area contributed by atoms with Crippen molar-refractivity contribution in [3.63, 3.8) is 0 Å². The maximum absolute atomic E-state index is 11.3. The molecule has 1 aliphatic heterocycles. The lowest BCUT2D eigenvalue weighted by Crippen LogP contribution is -2.20. The first-order valence-corrected chi connectivity index (χ1v) is 9.16. The van der Waals surface area contributed by atoms with Crippen LogP contribution in [0.25, 0.3) is 11.1 Å². The highest BCUT2D eigenvalue weighted by Crippen LogP contribution is 2.43. The van der Waals surface area contributed by atoms with E-state index in [9.17, 15) is 20.2 Å². The number of nitro benzene ring substituents is 2. The summed E-state index contributed by atoms with van der Waals surface area (Å²) < 4.78 is 0. The molecule has 0 bridgehead atoms. The summed E-state index contributed by atoms with van der Waals surface area (Å²) in [5.41, 5.74) is 9.17. The fourth-order valence-corrected chi connectivity index (χ4v) is 4.02. The second-order valence-corrected chi connectivity index (χ2v) is 7.27. The number of thioether (sulfide) groups is 1. The molecule has 9 heteroatoms. The summed E-state index contributed by atoms with van der Waals surface area (Å²) >= 11 is 1.70. The molecule has 0 fully saturated rings. The Bertz CT molecular complexity index is 942. The van der Waals surface area contributed by atoms with E-state index in [-0.39, 0.29) is 17.9 Å². The van der Waals surface area contributed by atoms with Crippen LogP contribution < -0.4 is 10.6 Å². The van der Waals surface area contributed by atoms with E-state index in [2.05, 4.69) is 4.90 Å². The zero-order chi connectivity index (χ0) is 19.7.